The molecule has 0 heterocycles. The molecule has 0 saturated carbocycles. The highest BCUT2D eigenvalue weighted by molar-refractivity contribution is 7.89. The van der Waals surface area contributed by atoms with Gasteiger partial charge in [-0.2, -0.15) is 4.31 Å². The van der Waals surface area contributed by atoms with Crippen LogP contribution in [-0.2, 0) is 21.2 Å². The molecule has 0 amide bonds. The first-order valence-corrected chi connectivity index (χ1v) is 9.41. The highest BCUT2D eigenvalue weighted by atomic mass is 32.2. The molecule has 2 rings (SSSR count). The normalized spacial score (nSPS) is 13.0. The van der Waals surface area contributed by atoms with Crippen LogP contribution in [0.25, 0.3) is 0 Å². The van der Waals surface area contributed by atoms with Crippen LogP contribution in [0.1, 0.15) is 22.3 Å². The van der Waals surface area contributed by atoms with Gasteiger partial charge < -0.3 is 5.11 Å². The maximum absolute atomic E-state index is 12.8. The number of carboxylic acid groups (broad SMARTS) is 1. The molecule has 2 aromatic carbocycles. The summed E-state index contributed by atoms with van der Waals surface area (Å²) in [5, 5.41) is 9.61. The minimum atomic E-state index is -3.89. The topological polar surface area (TPSA) is 74.7 Å². The van der Waals surface area contributed by atoms with Crippen LogP contribution >= 0.6 is 0 Å². The van der Waals surface area contributed by atoms with Crippen LogP contribution in [0.5, 0.6) is 0 Å². The van der Waals surface area contributed by atoms with Crippen LogP contribution in [0.15, 0.2) is 47.4 Å². The first kappa shape index (κ1) is 19.1. The predicted molar refractivity (Wildman–Crippen MR) is 97.2 cm³/mol. The molecular weight excluding hydrogens is 338 g/mol. The fourth-order valence-corrected chi connectivity index (χ4v) is 3.97. The number of aliphatic carboxylic acids is 1. The highest BCUT2D eigenvalue weighted by Crippen LogP contribution is 2.21. The van der Waals surface area contributed by atoms with E-state index in [9.17, 15) is 18.3 Å². The summed E-state index contributed by atoms with van der Waals surface area (Å²) in [6.07, 6.45) is 0.116. The largest absolute Gasteiger partial charge is 0.480 e. The Morgan fingerprint density at radius 3 is 2.24 bits per heavy atom. The quantitative estimate of drug-likeness (QED) is 0.858. The van der Waals surface area contributed by atoms with Crippen molar-refractivity contribution in [2.45, 2.75) is 38.1 Å². The maximum atomic E-state index is 12.8. The van der Waals surface area contributed by atoms with Crippen molar-refractivity contribution in [3.63, 3.8) is 0 Å². The van der Waals surface area contributed by atoms with E-state index in [2.05, 4.69) is 0 Å². The molecule has 0 aromatic heterocycles. The second-order valence-corrected chi connectivity index (χ2v) is 8.25. The Morgan fingerprint density at radius 2 is 1.68 bits per heavy atom. The van der Waals surface area contributed by atoms with Gasteiger partial charge in [0.15, 0.2) is 0 Å². The summed E-state index contributed by atoms with van der Waals surface area (Å²) in [4.78, 5) is 11.9. The molecule has 0 spiro atoms. The predicted octanol–water partition coefficient (Wildman–Crippen LogP) is 2.93. The standard InChI is InChI=1S/C19H23NO4S/c1-13-8-10-17(11-9-13)25(23,24)20(4)18(19(21)22)12-16-7-5-6-14(2)15(16)3/h5-11,18H,12H2,1-4H3,(H,21,22). The Balaban J connectivity index is 2.37. The van der Waals surface area contributed by atoms with E-state index >= 15 is 0 Å². The van der Waals surface area contributed by atoms with Gasteiger partial charge in [-0.05, 0) is 56.0 Å². The Kier molecular flexibility index (Phi) is 5.65. The van der Waals surface area contributed by atoms with E-state index in [-0.39, 0.29) is 11.3 Å². The van der Waals surface area contributed by atoms with Gasteiger partial charge in [-0.25, -0.2) is 8.42 Å². The number of nitrogens with zero attached hydrogens (tertiary/aromatic N) is 1. The molecule has 0 saturated heterocycles. The van der Waals surface area contributed by atoms with Crippen molar-refractivity contribution in [2.24, 2.45) is 0 Å². The van der Waals surface area contributed by atoms with Crippen LogP contribution in [0.2, 0.25) is 0 Å². The van der Waals surface area contributed by atoms with Crippen molar-refractivity contribution in [1.29, 1.82) is 0 Å². The zero-order valence-electron chi connectivity index (χ0n) is 14.9. The Bertz CT molecular complexity index is 873. The smallest absolute Gasteiger partial charge is 0.322 e. The second-order valence-electron chi connectivity index (χ2n) is 6.25. The number of benzene rings is 2. The van der Waals surface area contributed by atoms with E-state index in [0.717, 1.165) is 26.6 Å². The van der Waals surface area contributed by atoms with Crippen molar-refractivity contribution in [3.8, 4) is 0 Å². The van der Waals surface area contributed by atoms with E-state index in [1.807, 2.05) is 39.0 Å². The first-order chi connectivity index (χ1) is 11.6. The van der Waals surface area contributed by atoms with Gasteiger partial charge in [-0.1, -0.05) is 35.9 Å². The number of hydrogen-bond donors (Lipinski definition) is 1. The molecule has 6 heteroatoms. The van der Waals surface area contributed by atoms with Crippen molar-refractivity contribution in [3.05, 3.63) is 64.7 Å². The van der Waals surface area contributed by atoms with Crippen LogP contribution in [0.3, 0.4) is 0 Å². The molecule has 1 N–H and O–H groups in total. The van der Waals surface area contributed by atoms with Crippen molar-refractivity contribution < 1.29 is 18.3 Å². The Morgan fingerprint density at radius 1 is 1.08 bits per heavy atom. The molecule has 0 bridgehead atoms. The molecule has 0 aliphatic rings. The first-order valence-electron chi connectivity index (χ1n) is 7.97. The SMILES string of the molecule is Cc1ccc(S(=O)(=O)N(C)C(Cc2cccc(C)c2C)C(=O)O)cc1. The van der Waals surface area contributed by atoms with Gasteiger partial charge >= 0.3 is 5.97 Å². The van der Waals surface area contributed by atoms with E-state index in [1.165, 1.54) is 19.2 Å². The second kappa shape index (κ2) is 7.37. The van der Waals surface area contributed by atoms with Gasteiger partial charge in [0.25, 0.3) is 0 Å². The Labute approximate surface area is 149 Å². The highest BCUT2D eigenvalue weighted by Gasteiger charge is 2.33. The van der Waals surface area contributed by atoms with Crippen LogP contribution in [0.4, 0.5) is 0 Å². The van der Waals surface area contributed by atoms with Gasteiger partial charge in [0, 0.05) is 7.05 Å². The zero-order chi connectivity index (χ0) is 18.8. The Hall–Kier alpha value is -2.18. The molecule has 0 fully saturated rings. The molecule has 0 radical (unpaired) electrons. The maximum Gasteiger partial charge on any atom is 0.322 e. The molecule has 0 aliphatic heterocycles. The fourth-order valence-electron chi connectivity index (χ4n) is 2.66. The lowest BCUT2D eigenvalue weighted by Crippen LogP contribution is -2.43. The van der Waals surface area contributed by atoms with Gasteiger partial charge in [0.1, 0.15) is 6.04 Å². The number of hydrogen-bond acceptors (Lipinski definition) is 3. The number of carbonyl (C=O) groups is 1. The monoisotopic (exact) mass is 361 g/mol. The third-order valence-corrected chi connectivity index (χ3v) is 6.43. The number of sulfonamides is 1. The molecular formula is C19H23NO4S. The average molecular weight is 361 g/mol. The van der Waals surface area contributed by atoms with Gasteiger partial charge in [-0.3, -0.25) is 4.79 Å². The number of carboxylic acids is 1. The summed E-state index contributed by atoms with van der Waals surface area (Å²) in [7, 11) is -2.57. The lowest BCUT2D eigenvalue weighted by atomic mass is 9.98. The fraction of sp³-hybridized carbons (Fsp3) is 0.316. The zero-order valence-corrected chi connectivity index (χ0v) is 15.7. The lowest BCUT2D eigenvalue weighted by Gasteiger charge is -2.25. The van der Waals surface area contributed by atoms with Gasteiger partial charge in [0.2, 0.25) is 10.0 Å². The summed E-state index contributed by atoms with van der Waals surface area (Å²) in [6, 6.07) is 10.8. The van der Waals surface area contributed by atoms with Crippen LogP contribution < -0.4 is 0 Å². The van der Waals surface area contributed by atoms with Crippen LogP contribution in [-0.4, -0.2) is 36.9 Å². The van der Waals surface area contributed by atoms with Crippen molar-refractivity contribution in [2.75, 3.05) is 7.05 Å². The molecule has 1 atom stereocenters. The minimum absolute atomic E-state index is 0.0906. The molecule has 2 aromatic rings. The van der Waals surface area contributed by atoms with E-state index in [4.69, 9.17) is 0 Å². The van der Waals surface area contributed by atoms with Gasteiger partial charge in [-0.15, -0.1) is 0 Å². The molecule has 1 unspecified atom stereocenters. The van der Waals surface area contributed by atoms with E-state index < -0.39 is 22.0 Å². The summed E-state index contributed by atoms with van der Waals surface area (Å²) in [5.41, 5.74) is 3.80. The number of likely N-dealkylation sites (N-methyl/N-ethyl adjacent to an activating group) is 1. The lowest BCUT2D eigenvalue weighted by molar-refractivity contribution is -0.141. The minimum Gasteiger partial charge on any atom is -0.480 e. The molecule has 25 heavy (non-hydrogen) atoms. The molecule has 5 nitrogen and oxygen atoms in total. The number of rotatable bonds is 6. The van der Waals surface area contributed by atoms with Crippen LogP contribution in [0, 0.1) is 20.8 Å². The third kappa shape index (κ3) is 4.08. The van der Waals surface area contributed by atoms with E-state index in [1.54, 1.807) is 12.1 Å². The van der Waals surface area contributed by atoms with Gasteiger partial charge in [0.05, 0.1) is 4.90 Å². The van der Waals surface area contributed by atoms with E-state index in [0.29, 0.717) is 0 Å². The summed E-state index contributed by atoms with van der Waals surface area (Å²) < 4.78 is 26.5. The summed E-state index contributed by atoms with van der Waals surface area (Å²) in [5.74, 6) is -1.17. The average Bonchev–Trinajstić information content (AvgIpc) is 2.55. The number of aryl methyl sites for hydroxylation is 2. The summed E-state index contributed by atoms with van der Waals surface area (Å²) >= 11 is 0. The molecule has 0 aliphatic carbocycles. The van der Waals surface area contributed by atoms with Crippen molar-refractivity contribution in [1.82, 2.24) is 4.31 Å². The summed E-state index contributed by atoms with van der Waals surface area (Å²) in [6.45, 7) is 5.72. The third-order valence-electron chi connectivity index (χ3n) is 4.55. The molecule has 134 valence electrons. The van der Waals surface area contributed by atoms with Crippen molar-refractivity contribution >= 4 is 16.0 Å².